The molecule has 0 aromatic heterocycles. The summed E-state index contributed by atoms with van der Waals surface area (Å²) < 4.78 is 0. The Labute approximate surface area is 151 Å². The van der Waals surface area contributed by atoms with Gasteiger partial charge in [0.2, 0.25) is 0 Å². The van der Waals surface area contributed by atoms with Gasteiger partial charge in [0.25, 0.3) is 0 Å². The number of hydrogen-bond acceptors (Lipinski definition) is 3. The van der Waals surface area contributed by atoms with Crippen LogP contribution < -0.4 is 10.6 Å². The van der Waals surface area contributed by atoms with Gasteiger partial charge in [0, 0.05) is 57.4 Å². The fraction of sp³-hybridized carbons (Fsp3) is 0.611. The zero-order valence-corrected chi connectivity index (χ0v) is 15.8. The van der Waals surface area contributed by atoms with Crippen molar-refractivity contribution >= 4 is 17.6 Å². The molecule has 0 bridgehead atoms. The third kappa shape index (κ3) is 6.30. The number of hydrogen-bond donors (Lipinski definition) is 2. The van der Waals surface area contributed by atoms with E-state index in [1.54, 1.807) is 0 Å². The lowest BCUT2D eigenvalue weighted by molar-refractivity contribution is 0.120. The maximum absolute atomic E-state index is 6.02. The molecule has 1 saturated heterocycles. The van der Waals surface area contributed by atoms with Crippen molar-refractivity contribution in [2.75, 3.05) is 53.4 Å². The molecular formula is C18H30ClN5. The SMILES string of the molecule is CN=C(NCCc1cccc(Cl)c1)NCC(C)N1CCN(C)CC1. The van der Waals surface area contributed by atoms with Crippen molar-refractivity contribution in [3.63, 3.8) is 0 Å². The first-order valence-corrected chi connectivity index (χ1v) is 9.08. The molecular weight excluding hydrogens is 322 g/mol. The Morgan fingerprint density at radius 1 is 1.25 bits per heavy atom. The minimum atomic E-state index is 0.505. The molecule has 0 saturated carbocycles. The van der Waals surface area contributed by atoms with E-state index in [1.807, 2.05) is 25.2 Å². The number of nitrogens with zero attached hydrogens (tertiary/aromatic N) is 3. The molecule has 1 aliphatic rings. The third-order valence-electron chi connectivity index (χ3n) is 4.54. The first-order valence-electron chi connectivity index (χ1n) is 8.70. The third-order valence-corrected chi connectivity index (χ3v) is 4.78. The summed E-state index contributed by atoms with van der Waals surface area (Å²) in [5.74, 6) is 0.859. The fourth-order valence-electron chi connectivity index (χ4n) is 2.87. The van der Waals surface area contributed by atoms with E-state index >= 15 is 0 Å². The topological polar surface area (TPSA) is 42.9 Å². The number of likely N-dealkylation sites (N-methyl/N-ethyl adjacent to an activating group) is 1. The van der Waals surface area contributed by atoms with Crippen LogP contribution in [0.1, 0.15) is 12.5 Å². The number of guanidine groups is 1. The van der Waals surface area contributed by atoms with Gasteiger partial charge in [-0.1, -0.05) is 23.7 Å². The average molecular weight is 352 g/mol. The van der Waals surface area contributed by atoms with Crippen LogP contribution in [0.15, 0.2) is 29.3 Å². The van der Waals surface area contributed by atoms with Gasteiger partial charge >= 0.3 is 0 Å². The van der Waals surface area contributed by atoms with Gasteiger partial charge in [-0.2, -0.15) is 0 Å². The summed E-state index contributed by atoms with van der Waals surface area (Å²) >= 11 is 6.02. The molecule has 0 aliphatic carbocycles. The van der Waals surface area contributed by atoms with Gasteiger partial charge in [-0.25, -0.2) is 0 Å². The van der Waals surface area contributed by atoms with Gasteiger partial charge < -0.3 is 15.5 Å². The second-order valence-electron chi connectivity index (χ2n) is 6.45. The fourth-order valence-corrected chi connectivity index (χ4v) is 3.09. The van der Waals surface area contributed by atoms with E-state index in [0.717, 1.165) is 56.7 Å². The van der Waals surface area contributed by atoms with Gasteiger partial charge in [0.15, 0.2) is 5.96 Å². The highest BCUT2D eigenvalue weighted by atomic mass is 35.5. The molecule has 1 fully saturated rings. The second-order valence-corrected chi connectivity index (χ2v) is 6.88. The van der Waals surface area contributed by atoms with Crippen molar-refractivity contribution in [2.45, 2.75) is 19.4 Å². The predicted molar refractivity (Wildman–Crippen MR) is 103 cm³/mol. The molecule has 24 heavy (non-hydrogen) atoms. The quantitative estimate of drug-likeness (QED) is 0.604. The highest BCUT2D eigenvalue weighted by Crippen LogP contribution is 2.10. The Kier molecular flexibility index (Phi) is 7.82. The number of rotatable bonds is 6. The molecule has 1 aromatic carbocycles. The molecule has 1 unspecified atom stereocenters. The van der Waals surface area contributed by atoms with Gasteiger partial charge in [0.1, 0.15) is 0 Å². The molecule has 0 amide bonds. The number of aliphatic imine (C=N–C) groups is 1. The Morgan fingerprint density at radius 3 is 2.67 bits per heavy atom. The number of piperazine rings is 1. The molecule has 1 atom stereocenters. The van der Waals surface area contributed by atoms with Crippen molar-refractivity contribution in [1.82, 2.24) is 20.4 Å². The van der Waals surface area contributed by atoms with Crippen molar-refractivity contribution in [3.05, 3.63) is 34.9 Å². The number of nitrogens with one attached hydrogen (secondary N) is 2. The van der Waals surface area contributed by atoms with Gasteiger partial charge in [-0.3, -0.25) is 9.89 Å². The van der Waals surface area contributed by atoms with Gasteiger partial charge in [0.05, 0.1) is 0 Å². The Bertz CT molecular complexity index is 526. The van der Waals surface area contributed by atoms with Crippen LogP contribution in [0.4, 0.5) is 0 Å². The van der Waals surface area contributed by atoms with Crippen LogP contribution in [0.25, 0.3) is 0 Å². The highest BCUT2D eigenvalue weighted by molar-refractivity contribution is 6.30. The lowest BCUT2D eigenvalue weighted by Crippen LogP contribution is -2.52. The van der Waals surface area contributed by atoms with E-state index in [4.69, 9.17) is 11.6 Å². The van der Waals surface area contributed by atoms with E-state index in [1.165, 1.54) is 5.56 Å². The molecule has 1 aromatic rings. The standard InChI is InChI=1S/C18H30ClN5/c1-15(24-11-9-23(3)10-12-24)14-22-18(20-2)21-8-7-16-5-4-6-17(19)13-16/h4-6,13,15H,7-12,14H2,1-3H3,(H2,20,21,22). The largest absolute Gasteiger partial charge is 0.356 e. The lowest BCUT2D eigenvalue weighted by Gasteiger charge is -2.36. The molecule has 1 heterocycles. The summed E-state index contributed by atoms with van der Waals surface area (Å²) in [6, 6.07) is 8.50. The van der Waals surface area contributed by atoms with E-state index in [0.29, 0.717) is 6.04 Å². The minimum Gasteiger partial charge on any atom is -0.356 e. The lowest BCUT2D eigenvalue weighted by atomic mass is 10.1. The van der Waals surface area contributed by atoms with Crippen molar-refractivity contribution < 1.29 is 0 Å². The van der Waals surface area contributed by atoms with Crippen molar-refractivity contribution in [3.8, 4) is 0 Å². The van der Waals surface area contributed by atoms with Crippen LogP contribution >= 0.6 is 11.6 Å². The smallest absolute Gasteiger partial charge is 0.191 e. The van der Waals surface area contributed by atoms with E-state index in [9.17, 15) is 0 Å². The van der Waals surface area contributed by atoms with E-state index in [2.05, 4.69) is 45.5 Å². The molecule has 1 aliphatic heterocycles. The first kappa shape index (κ1) is 19.0. The summed E-state index contributed by atoms with van der Waals surface area (Å²) in [6.07, 6.45) is 0.926. The summed E-state index contributed by atoms with van der Waals surface area (Å²) in [5.41, 5.74) is 1.23. The second kappa shape index (κ2) is 9.87. The zero-order chi connectivity index (χ0) is 17.4. The van der Waals surface area contributed by atoms with Crippen LogP contribution in [0.2, 0.25) is 5.02 Å². The predicted octanol–water partition coefficient (Wildman–Crippen LogP) is 1.68. The maximum Gasteiger partial charge on any atom is 0.191 e. The maximum atomic E-state index is 6.02. The molecule has 134 valence electrons. The van der Waals surface area contributed by atoms with Crippen LogP contribution in [-0.2, 0) is 6.42 Å². The van der Waals surface area contributed by atoms with Crippen LogP contribution in [-0.4, -0.2) is 75.2 Å². The Hall–Kier alpha value is -1.30. The van der Waals surface area contributed by atoms with E-state index in [-0.39, 0.29) is 0 Å². The molecule has 2 N–H and O–H groups in total. The first-order chi connectivity index (χ1) is 11.6. The molecule has 2 rings (SSSR count). The zero-order valence-electron chi connectivity index (χ0n) is 15.1. The van der Waals surface area contributed by atoms with Crippen molar-refractivity contribution in [2.24, 2.45) is 4.99 Å². The normalized spacial score (nSPS) is 18.4. The number of halogens is 1. The van der Waals surface area contributed by atoms with Crippen molar-refractivity contribution in [1.29, 1.82) is 0 Å². The summed E-state index contributed by atoms with van der Waals surface area (Å²) in [6.45, 7) is 8.59. The van der Waals surface area contributed by atoms with Crippen LogP contribution in [0.5, 0.6) is 0 Å². The molecule has 6 heteroatoms. The summed E-state index contributed by atoms with van der Waals surface area (Å²) in [5, 5.41) is 7.59. The van der Waals surface area contributed by atoms with Crippen LogP contribution in [0, 0.1) is 0 Å². The highest BCUT2D eigenvalue weighted by Gasteiger charge is 2.18. The van der Waals surface area contributed by atoms with E-state index < -0.39 is 0 Å². The minimum absolute atomic E-state index is 0.505. The van der Waals surface area contributed by atoms with Gasteiger partial charge in [-0.15, -0.1) is 0 Å². The van der Waals surface area contributed by atoms with Gasteiger partial charge in [-0.05, 0) is 38.1 Å². The van der Waals surface area contributed by atoms with Crippen LogP contribution in [0.3, 0.4) is 0 Å². The summed E-state index contributed by atoms with van der Waals surface area (Å²) in [4.78, 5) is 9.22. The average Bonchev–Trinajstić information content (AvgIpc) is 2.58. The molecule has 0 radical (unpaired) electrons. The Balaban J connectivity index is 1.68. The summed E-state index contributed by atoms with van der Waals surface area (Å²) in [7, 11) is 4.00. The monoisotopic (exact) mass is 351 g/mol. The number of benzene rings is 1. The molecule has 5 nitrogen and oxygen atoms in total. The molecule has 0 spiro atoms. The Morgan fingerprint density at radius 2 is 2.00 bits per heavy atom.